The molecule has 8 heteroatoms. The zero-order chi connectivity index (χ0) is 20.2. The largest absolute Gasteiger partial charge is 0.460 e. The SMILES string of the molecule is CC(C)CC[C@H](C(=O)OC(C)(C)C)[C@H](N[S@@](=O)C(C)(C)C)C(F)(F)F. The minimum Gasteiger partial charge on any atom is -0.460 e. The first-order chi connectivity index (χ1) is 10.9. The van der Waals surface area contributed by atoms with E-state index in [1.807, 2.05) is 13.8 Å². The van der Waals surface area contributed by atoms with Gasteiger partial charge in [0.15, 0.2) is 0 Å². The molecular weight excluding hydrogens is 355 g/mol. The fraction of sp³-hybridized carbons (Fsp3) is 0.941. The van der Waals surface area contributed by atoms with Crippen LogP contribution in [0.1, 0.15) is 68.2 Å². The van der Waals surface area contributed by atoms with Gasteiger partial charge in [0.05, 0.1) is 21.7 Å². The molecule has 0 aliphatic heterocycles. The van der Waals surface area contributed by atoms with Gasteiger partial charge in [-0.05, 0) is 53.9 Å². The summed E-state index contributed by atoms with van der Waals surface area (Å²) < 4.78 is 59.6. The Morgan fingerprint density at radius 3 is 1.84 bits per heavy atom. The van der Waals surface area contributed by atoms with Gasteiger partial charge in [-0.25, -0.2) is 8.93 Å². The lowest BCUT2D eigenvalue weighted by atomic mass is 9.91. The molecule has 0 radical (unpaired) electrons. The number of ether oxygens (including phenoxy) is 1. The zero-order valence-corrected chi connectivity index (χ0v) is 17.2. The number of hydrogen-bond donors (Lipinski definition) is 1. The van der Waals surface area contributed by atoms with Crippen LogP contribution in [0.2, 0.25) is 0 Å². The smallest absolute Gasteiger partial charge is 0.405 e. The van der Waals surface area contributed by atoms with Crippen LogP contribution in [0.4, 0.5) is 13.2 Å². The van der Waals surface area contributed by atoms with Crippen LogP contribution in [0.25, 0.3) is 0 Å². The van der Waals surface area contributed by atoms with E-state index in [-0.39, 0.29) is 12.3 Å². The highest BCUT2D eigenvalue weighted by atomic mass is 32.2. The molecule has 0 saturated heterocycles. The van der Waals surface area contributed by atoms with Crippen LogP contribution in [0.5, 0.6) is 0 Å². The van der Waals surface area contributed by atoms with Crippen molar-refractivity contribution in [2.24, 2.45) is 11.8 Å². The second-order valence-corrected chi connectivity index (χ2v) is 10.6. The van der Waals surface area contributed by atoms with Gasteiger partial charge in [0.1, 0.15) is 11.6 Å². The maximum Gasteiger partial charge on any atom is 0.405 e. The monoisotopic (exact) mass is 387 g/mol. The quantitative estimate of drug-likeness (QED) is 0.660. The topological polar surface area (TPSA) is 55.4 Å². The summed E-state index contributed by atoms with van der Waals surface area (Å²) in [5.41, 5.74) is -0.896. The maximum atomic E-state index is 13.6. The van der Waals surface area contributed by atoms with Gasteiger partial charge in [0.25, 0.3) is 0 Å². The summed E-state index contributed by atoms with van der Waals surface area (Å²) >= 11 is 0. The molecule has 0 heterocycles. The molecule has 4 nitrogen and oxygen atoms in total. The number of carbonyl (C=O) groups excluding carboxylic acids is 1. The molecule has 0 bridgehead atoms. The summed E-state index contributed by atoms with van der Waals surface area (Å²) in [5, 5.41) is 0. The van der Waals surface area contributed by atoms with Crippen molar-refractivity contribution in [3.63, 3.8) is 0 Å². The summed E-state index contributed by atoms with van der Waals surface area (Å²) in [6.45, 7) is 13.3. The number of halogens is 3. The van der Waals surface area contributed by atoms with E-state index in [0.29, 0.717) is 6.42 Å². The van der Waals surface area contributed by atoms with Gasteiger partial charge >= 0.3 is 12.1 Å². The van der Waals surface area contributed by atoms with Crippen LogP contribution in [-0.2, 0) is 20.5 Å². The Kier molecular flexibility index (Phi) is 8.62. The third-order valence-electron chi connectivity index (χ3n) is 3.31. The van der Waals surface area contributed by atoms with Gasteiger partial charge in [-0.15, -0.1) is 0 Å². The second kappa shape index (κ2) is 8.84. The van der Waals surface area contributed by atoms with E-state index in [9.17, 15) is 22.2 Å². The molecule has 3 atom stereocenters. The first-order valence-corrected chi connectivity index (χ1v) is 9.57. The van der Waals surface area contributed by atoms with Gasteiger partial charge in [-0.1, -0.05) is 20.3 Å². The maximum absolute atomic E-state index is 13.6. The van der Waals surface area contributed by atoms with E-state index in [1.165, 1.54) is 0 Å². The predicted octanol–water partition coefficient (Wildman–Crippen LogP) is 4.36. The lowest BCUT2D eigenvalue weighted by Crippen LogP contribution is -2.54. The van der Waals surface area contributed by atoms with Gasteiger partial charge < -0.3 is 4.74 Å². The van der Waals surface area contributed by atoms with Crippen LogP contribution in [0, 0.1) is 11.8 Å². The minimum absolute atomic E-state index is 0.00506. The van der Waals surface area contributed by atoms with E-state index in [0.717, 1.165) is 0 Å². The van der Waals surface area contributed by atoms with E-state index in [1.54, 1.807) is 41.5 Å². The van der Waals surface area contributed by atoms with Crippen molar-refractivity contribution in [2.45, 2.75) is 90.8 Å². The van der Waals surface area contributed by atoms with E-state index >= 15 is 0 Å². The number of hydrogen-bond acceptors (Lipinski definition) is 3. The number of carbonyl (C=O) groups is 1. The average Bonchev–Trinajstić information content (AvgIpc) is 2.32. The molecule has 0 rings (SSSR count). The van der Waals surface area contributed by atoms with E-state index in [2.05, 4.69) is 4.72 Å². The lowest BCUT2D eigenvalue weighted by molar-refractivity contribution is -0.185. The Morgan fingerprint density at radius 2 is 1.52 bits per heavy atom. The summed E-state index contributed by atoms with van der Waals surface area (Å²) in [6.07, 6.45) is -4.29. The molecule has 0 aromatic heterocycles. The van der Waals surface area contributed by atoms with Crippen molar-refractivity contribution < 1.29 is 26.9 Å². The fourth-order valence-corrected chi connectivity index (χ4v) is 2.86. The Bertz CT molecular complexity index is 465. The number of rotatable bonds is 7. The van der Waals surface area contributed by atoms with E-state index in [4.69, 9.17) is 4.74 Å². The van der Waals surface area contributed by atoms with Crippen molar-refractivity contribution in [3.8, 4) is 0 Å². The van der Waals surface area contributed by atoms with Crippen LogP contribution >= 0.6 is 0 Å². The molecule has 0 aliphatic rings. The third kappa shape index (κ3) is 9.58. The number of nitrogens with one attached hydrogen (secondary N) is 1. The Labute approximate surface area is 151 Å². The highest BCUT2D eigenvalue weighted by Gasteiger charge is 2.50. The molecule has 0 amide bonds. The molecule has 0 spiro atoms. The van der Waals surface area contributed by atoms with Crippen LogP contribution < -0.4 is 4.72 Å². The van der Waals surface area contributed by atoms with Crippen LogP contribution in [0.15, 0.2) is 0 Å². The molecular formula is C17H32F3NO3S. The summed E-state index contributed by atoms with van der Waals surface area (Å²) in [4.78, 5) is 12.4. The zero-order valence-electron chi connectivity index (χ0n) is 16.4. The molecule has 1 N–H and O–H groups in total. The third-order valence-corrected chi connectivity index (χ3v) is 4.89. The summed E-state index contributed by atoms with van der Waals surface area (Å²) in [7, 11) is -1.97. The van der Waals surface area contributed by atoms with Gasteiger partial charge in [-0.2, -0.15) is 13.2 Å². The molecule has 25 heavy (non-hydrogen) atoms. The fourth-order valence-electron chi connectivity index (χ4n) is 1.98. The highest BCUT2D eigenvalue weighted by molar-refractivity contribution is 7.84. The standard InChI is InChI=1S/C17H32F3NO3S/c1-11(2)9-10-12(14(22)24-15(3,4)5)13(17(18,19)20)21-25(23)16(6,7)8/h11-13,21H,9-10H2,1-8H3/t12-,13-,25-/m0/s1. The predicted molar refractivity (Wildman–Crippen MR) is 94.3 cm³/mol. The highest BCUT2D eigenvalue weighted by Crippen LogP contribution is 2.32. The number of alkyl halides is 3. The Morgan fingerprint density at radius 1 is 1.04 bits per heavy atom. The van der Waals surface area contributed by atoms with Gasteiger partial charge in [0, 0.05) is 0 Å². The van der Waals surface area contributed by atoms with Crippen LogP contribution in [0.3, 0.4) is 0 Å². The Hall–Kier alpha value is -0.630. The lowest BCUT2D eigenvalue weighted by Gasteiger charge is -2.32. The van der Waals surface area contributed by atoms with Gasteiger partial charge in [0.2, 0.25) is 0 Å². The first kappa shape index (κ1) is 24.4. The van der Waals surface area contributed by atoms with Gasteiger partial charge in [-0.3, -0.25) is 4.79 Å². The number of esters is 1. The van der Waals surface area contributed by atoms with Crippen LogP contribution in [-0.4, -0.2) is 32.7 Å². The summed E-state index contributed by atoms with van der Waals surface area (Å²) in [6, 6.07) is -2.22. The first-order valence-electron chi connectivity index (χ1n) is 8.42. The molecule has 0 aromatic rings. The normalized spacial score (nSPS) is 17.3. The Balaban J connectivity index is 5.66. The van der Waals surface area contributed by atoms with Crippen molar-refractivity contribution in [1.29, 1.82) is 0 Å². The van der Waals surface area contributed by atoms with Crippen molar-refractivity contribution in [2.75, 3.05) is 0 Å². The molecule has 0 unspecified atom stereocenters. The average molecular weight is 388 g/mol. The minimum atomic E-state index is -4.72. The summed E-state index contributed by atoms with van der Waals surface area (Å²) in [5.74, 6) is -2.24. The molecule has 0 aliphatic carbocycles. The molecule has 150 valence electrons. The molecule has 0 saturated carbocycles. The molecule has 0 fully saturated rings. The van der Waals surface area contributed by atoms with Crippen molar-refractivity contribution >= 4 is 17.0 Å². The van der Waals surface area contributed by atoms with Crippen molar-refractivity contribution in [3.05, 3.63) is 0 Å². The van der Waals surface area contributed by atoms with Crippen molar-refractivity contribution in [1.82, 2.24) is 4.72 Å². The second-order valence-electron chi connectivity index (χ2n) is 8.63. The molecule has 0 aromatic carbocycles. The van der Waals surface area contributed by atoms with E-state index < -0.39 is 45.4 Å².